The van der Waals surface area contributed by atoms with Crippen LogP contribution < -0.4 is 4.74 Å². The first kappa shape index (κ1) is 16.2. The maximum Gasteiger partial charge on any atom is 0.133 e. The van der Waals surface area contributed by atoms with Crippen molar-refractivity contribution < 1.29 is 9.53 Å². The molecule has 0 N–H and O–H groups in total. The molecule has 0 aliphatic rings. The van der Waals surface area contributed by atoms with Gasteiger partial charge in [-0.05, 0) is 43.9 Å². The number of Topliss-reactive ketones (excluding diaryl/α,β-unsaturated/α-hetero) is 1. The minimum Gasteiger partial charge on any atom is -0.497 e. The van der Waals surface area contributed by atoms with E-state index in [0.717, 1.165) is 25.0 Å². The van der Waals surface area contributed by atoms with Crippen molar-refractivity contribution in [1.82, 2.24) is 0 Å². The molecule has 0 heterocycles. The van der Waals surface area contributed by atoms with Gasteiger partial charge in [-0.3, -0.25) is 4.79 Å². The fraction of sp³-hybridized carbons (Fsp3) is 0.389. The number of carbonyl (C=O) groups excluding carboxylic acids is 1. The van der Waals surface area contributed by atoms with Crippen LogP contribution in [0.1, 0.15) is 38.2 Å². The van der Waals surface area contributed by atoms with E-state index in [2.05, 4.69) is 6.08 Å². The molecule has 0 aliphatic heterocycles. The Morgan fingerprint density at radius 1 is 1.15 bits per heavy atom. The van der Waals surface area contributed by atoms with Gasteiger partial charge < -0.3 is 4.74 Å². The molecule has 0 saturated heterocycles. The molecule has 0 aliphatic carbocycles. The fourth-order valence-electron chi connectivity index (χ4n) is 1.90. The van der Waals surface area contributed by atoms with Gasteiger partial charge in [-0.2, -0.15) is 0 Å². The van der Waals surface area contributed by atoms with Crippen LogP contribution in [0, 0.1) is 0 Å². The van der Waals surface area contributed by atoms with E-state index in [4.69, 9.17) is 4.74 Å². The highest BCUT2D eigenvalue weighted by atomic mass is 16.5. The summed E-state index contributed by atoms with van der Waals surface area (Å²) >= 11 is 0. The number of unbranched alkanes of at least 4 members (excludes halogenated alkanes) is 1. The Morgan fingerprint density at radius 2 is 1.90 bits per heavy atom. The van der Waals surface area contributed by atoms with Crippen molar-refractivity contribution >= 4 is 5.78 Å². The summed E-state index contributed by atoms with van der Waals surface area (Å²) in [6.45, 7) is 1.99. The van der Waals surface area contributed by atoms with Crippen molar-refractivity contribution in [2.75, 3.05) is 7.11 Å². The Morgan fingerprint density at radius 3 is 2.55 bits per heavy atom. The molecule has 0 amide bonds. The highest BCUT2D eigenvalue weighted by molar-refractivity contribution is 5.78. The van der Waals surface area contributed by atoms with Crippen LogP contribution >= 0.6 is 0 Å². The van der Waals surface area contributed by atoms with Crippen molar-refractivity contribution in [2.24, 2.45) is 0 Å². The van der Waals surface area contributed by atoms with Crippen LogP contribution in [0.2, 0.25) is 0 Å². The molecule has 0 fully saturated rings. The second kappa shape index (κ2) is 10.0. The van der Waals surface area contributed by atoms with Gasteiger partial charge in [0.25, 0.3) is 0 Å². The van der Waals surface area contributed by atoms with Gasteiger partial charge in [-0.25, -0.2) is 0 Å². The molecule has 20 heavy (non-hydrogen) atoms. The number of hydrogen-bond acceptors (Lipinski definition) is 2. The Labute approximate surface area is 122 Å². The van der Waals surface area contributed by atoms with Gasteiger partial charge in [0.05, 0.1) is 7.11 Å². The number of rotatable bonds is 9. The summed E-state index contributed by atoms with van der Waals surface area (Å²) in [6.07, 6.45) is 12.2. The second-order valence-electron chi connectivity index (χ2n) is 4.73. The number of allylic oxidation sites excluding steroid dienone is 4. The van der Waals surface area contributed by atoms with E-state index in [1.165, 1.54) is 5.56 Å². The third kappa shape index (κ3) is 6.93. The first-order chi connectivity index (χ1) is 9.76. The van der Waals surface area contributed by atoms with Crippen LogP contribution in [0.3, 0.4) is 0 Å². The van der Waals surface area contributed by atoms with E-state index in [-0.39, 0.29) is 0 Å². The number of ketones is 1. The second-order valence-corrected chi connectivity index (χ2v) is 4.73. The molecule has 0 saturated carbocycles. The topological polar surface area (TPSA) is 26.3 Å². The van der Waals surface area contributed by atoms with Gasteiger partial charge in [0.1, 0.15) is 11.5 Å². The maximum absolute atomic E-state index is 11.8. The molecule has 0 aromatic heterocycles. The predicted molar refractivity (Wildman–Crippen MR) is 84.1 cm³/mol. The molecule has 0 radical (unpaired) electrons. The van der Waals surface area contributed by atoms with E-state index in [9.17, 15) is 4.79 Å². The first-order valence-electron chi connectivity index (χ1n) is 7.18. The summed E-state index contributed by atoms with van der Waals surface area (Å²) in [5.74, 6) is 1.20. The fourth-order valence-corrected chi connectivity index (χ4v) is 1.90. The summed E-state index contributed by atoms with van der Waals surface area (Å²) in [4.78, 5) is 11.8. The normalized spacial score (nSPS) is 11.3. The van der Waals surface area contributed by atoms with Gasteiger partial charge in [-0.15, -0.1) is 0 Å². The quantitative estimate of drug-likeness (QED) is 0.488. The van der Waals surface area contributed by atoms with Gasteiger partial charge >= 0.3 is 0 Å². The van der Waals surface area contributed by atoms with Crippen LogP contribution in [-0.2, 0) is 11.2 Å². The number of benzene rings is 1. The minimum absolute atomic E-state index is 0.347. The molecule has 108 valence electrons. The Kier molecular flexibility index (Phi) is 8.13. The lowest BCUT2D eigenvalue weighted by Crippen LogP contribution is -1.99. The van der Waals surface area contributed by atoms with Crippen molar-refractivity contribution in [3.8, 4) is 5.75 Å². The number of hydrogen-bond donors (Lipinski definition) is 0. The van der Waals surface area contributed by atoms with Gasteiger partial charge in [0.2, 0.25) is 0 Å². The van der Waals surface area contributed by atoms with E-state index >= 15 is 0 Å². The van der Waals surface area contributed by atoms with E-state index in [0.29, 0.717) is 18.6 Å². The summed E-state index contributed by atoms with van der Waals surface area (Å²) < 4.78 is 5.11. The van der Waals surface area contributed by atoms with Crippen LogP contribution in [0.5, 0.6) is 5.75 Å². The number of methoxy groups -OCH3 is 1. The lowest BCUT2D eigenvalue weighted by atomic mass is 10.0. The zero-order valence-electron chi connectivity index (χ0n) is 12.5. The van der Waals surface area contributed by atoms with Gasteiger partial charge in [0, 0.05) is 12.8 Å². The maximum atomic E-state index is 11.8. The van der Waals surface area contributed by atoms with Gasteiger partial charge in [0.15, 0.2) is 0 Å². The summed E-state index contributed by atoms with van der Waals surface area (Å²) in [5, 5.41) is 0. The van der Waals surface area contributed by atoms with E-state index in [1.807, 2.05) is 49.4 Å². The van der Waals surface area contributed by atoms with Gasteiger partial charge in [-0.1, -0.05) is 36.4 Å². The first-order valence-corrected chi connectivity index (χ1v) is 7.18. The molecule has 0 atom stereocenters. The SMILES string of the molecule is C/C=C/C=C/CCCC(=O)CCc1ccc(OC)cc1. The number of carbonyl (C=O) groups is 1. The van der Waals surface area contributed by atoms with Crippen LogP contribution in [0.25, 0.3) is 0 Å². The largest absolute Gasteiger partial charge is 0.497 e. The highest BCUT2D eigenvalue weighted by Gasteiger charge is 2.02. The zero-order valence-corrected chi connectivity index (χ0v) is 12.5. The standard InChI is InChI=1S/C18H24O2/c1-3-4-5-6-7-8-9-17(19)13-10-16-11-14-18(20-2)15-12-16/h3-6,11-12,14-15H,7-10,13H2,1-2H3/b4-3+,6-5+. The Hall–Kier alpha value is -1.83. The van der Waals surface area contributed by atoms with Crippen molar-refractivity contribution in [1.29, 1.82) is 0 Å². The lowest BCUT2D eigenvalue weighted by molar-refractivity contribution is -0.119. The summed E-state index contributed by atoms with van der Waals surface area (Å²) in [7, 11) is 1.66. The Balaban J connectivity index is 2.19. The van der Waals surface area contributed by atoms with Crippen LogP contribution in [0.15, 0.2) is 48.6 Å². The minimum atomic E-state index is 0.347. The molecule has 1 rings (SSSR count). The Bertz CT molecular complexity index is 441. The smallest absolute Gasteiger partial charge is 0.133 e. The average Bonchev–Trinajstić information content (AvgIpc) is 2.49. The van der Waals surface area contributed by atoms with Crippen LogP contribution in [0.4, 0.5) is 0 Å². The van der Waals surface area contributed by atoms with Crippen molar-refractivity contribution in [3.63, 3.8) is 0 Å². The van der Waals surface area contributed by atoms with Crippen molar-refractivity contribution in [3.05, 3.63) is 54.1 Å². The molecule has 2 nitrogen and oxygen atoms in total. The molecule has 0 spiro atoms. The van der Waals surface area contributed by atoms with Crippen LogP contribution in [-0.4, -0.2) is 12.9 Å². The molecule has 0 unspecified atom stereocenters. The highest BCUT2D eigenvalue weighted by Crippen LogP contribution is 2.13. The van der Waals surface area contributed by atoms with Crippen molar-refractivity contribution in [2.45, 2.75) is 39.0 Å². The monoisotopic (exact) mass is 272 g/mol. The van der Waals surface area contributed by atoms with E-state index < -0.39 is 0 Å². The number of aryl methyl sites for hydroxylation is 1. The summed E-state index contributed by atoms with van der Waals surface area (Å²) in [6, 6.07) is 7.91. The molecule has 0 bridgehead atoms. The third-order valence-corrected chi connectivity index (χ3v) is 3.12. The molecule has 1 aromatic rings. The predicted octanol–water partition coefficient (Wildman–Crippen LogP) is 4.50. The number of ether oxygens (including phenoxy) is 1. The zero-order chi connectivity index (χ0) is 14.6. The molecular weight excluding hydrogens is 248 g/mol. The molecule has 2 heteroatoms. The molecule has 1 aromatic carbocycles. The van der Waals surface area contributed by atoms with E-state index in [1.54, 1.807) is 7.11 Å². The lowest BCUT2D eigenvalue weighted by Gasteiger charge is -2.03. The third-order valence-electron chi connectivity index (χ3n) is 3.12. The molecular formula is C18H24O2. The average molecular weight is 272 g/mol. The summed E-state index contributed by atoms with van der Waals surface area (Å²) in [5.41, 5.74) is 1.19.